The number of hydrogen-bond donors (Lipinski definition) is 1. The first-order chi connectivity index (χ1) is 6.46. The molecule has 0 saturated heterocycles. The number of nitrogens with zero attached hydrogens (tertiary/aromatic N) is 1. The van der Waals surface area contributed by atoms with Gasteiger partial charge in [0.2, 0.25) is 0 Å². The van der Waals surface area contributed by atoms with Gasteiger partial charge in [-0.15, -0.1) is 0 Å². The fourth-order valence-electron chi connectivity index (χ4n) is 1.53. The Bertz CT molecular complexity index is 301. The van der Waals surface area contributed by atoms with E-state index in [2.05, 4.69) is 25.8 Å². The van der Waals surface area contributed by atoms with Gasteiger partial charge in [0.25, 0.3) is 0 Å². The Hall–Kier alpha value is -0.890. The van der Waals surface area contributed by atoms with Crippen LogP contribution in [0.1, 0.15) is 51.5 Å². The average molecular weight is 193 g/mol. The van der Waals surface area contributed by atoms with Gasteiger partial charge in [0.15, 0.2) is 0 Å². The smallest absolute Gasteiger partial charge is 0.0805 e. The van der Waals surface area contributed by atoms with Gasteiger partial charge >= 0.3 is 0 Å². The maximum absolute atomic E-state index is 9.83. The normalized spacial score (nSPS) is 14.1. The number of aromatic nitrogens is 1. The van der Waals surface area contributed by atoms with E-state index in [1.54, 1.807) is 6.20 Å². The lowest BCUT2D eigenvalue weighted by Gasteiger charge is -2.23. The monoisotopic (exact) mass is 193 g/mol. The zero-order chi connectivity index (χ0) is 10.8. The van der Waals surface area contributed by atoms with Crippen molar-refractivity contribution < 1.29 is 5.11 Å². The zero-order valence-electron chi connectivity index (χ0n) is 9.41. The summed E-state index contributed by atoms with van der Waals surface area (Å²) in [6.07, 6.45) is 2.12. The van der Waals surface area contributed by atoms with Crippen molar-refractivity contribution in [3.63, 3.8) is 0 Å². The summed E-state index contributed by atoms with van der Waals surface area (Å²) < 4.78 is 0. The molecule has 0 saturated carbocycles. The maximum atomic E-state index is 9.83. The van der Waals surface area contributed by atoms with Crippen molar-refractivity contribution >= 4 is 0 Å². The highest BCUT2D eigenvalue weighted by Crippen LogP contribution is 2.28. The Morgan fingerprint density at radius 3 is 2.57 bits per heavy atom. The van der Waals surface area contributed by atoms with E-state index in [0.29, 0.717) is 0 Å². The highest BCUT2D eigenvalue weighted by molar-refractivity contribution is 5.27. The summed E-state index contributed by atoms with van der Waals surface area (Å²) in [5.74, 6) is 0. The van der Waals surface area contributed by atoms with Crippen molar-refractivity contribution in [2.75, 3.05) is 0 Å². The minimum absolute atomic E-state index is 0.00720. The van der Waals surface area contributed by atoms with Crippen molar-refractivity contribution in [3.8, 4) is 0 Å². The fraction of sp³-hybridized carbons (Fsp3) is 0.583. The van der Waals surface area contributed by atoms with Crippen LogP contribution in [0.25, 0.3) is 0 Å². The van der Waals surface area contributed by atoms with Gasteiger partial charge in [-0.2, -0.15) is 0 Å². The van der Waals surface area contributed by atoms with Crippen molar-refractivity contribution in [1.82, 2.24) is 4.98 Å². The van der Waals surface area contributed by atoms with Gasteiger partial charge in [-0.05, 0) is 12.5 Å². The topological polar surface area (TPSA) is 33.1 Å². The summed E-state index contributed by atoms with van der Waals surface area (Å²) >= 11 is 0. The Morgan fingerprint density at radius 1 is 1.43 bits per heavy atom. The van der Waals surface area contributed by atoms with Crippen LogP contribution in [0, 0.1) is 0 Å². The zero-order valence-corrected chi connectivity index (χ0v) is 9.41. The lowest BCUT2D eigenvalue weighted by Crippen LogP contribution is -2.18. The lowest BCUT2D eigenvalue weighted by atomic mass is 9.86. The van der Waals surface area contributed by atoms with E-state index in [9.17, 15) is 5.11 Å². The molecule has 1 aromatic rings. The molecule has 0 spiro atoms. The maximum Gasteiger partial charge on any atom is 0.0805 e. The molecule has 14 heavy (non-hydrogen) atoms. The van der Waals surface area contributed by atoms with E-state index >= 15 is 0 Å². The number of hydrogen-bond acceptors (Lipinski definition) is 2. The Labute approximate surface area is 86.0 Å². The third-order valence-electron chi connectivity index (χ3n) is 2.30. The molecule has 0 aromatic carbocycles. The summed E-state index contributed by atoms with van der Waals surface area (Å²) in [5.41, 5.74) is 1.95. The van der Waals surface area contributed by atoms with Crippen LogP contribution in [0.15, 0.2) is 18.3 Å². The first-order valence-electron chi connectivity index (χ1n) is 5.10. The third kappa shape index (κ3) is 2.32. The van der Waals surface area contributed by atoms with Crippen molar-refractivity contribution in [2.24, 2.45) is 0 Å². The third-order valence-corrected chi connectivity index (χ3v) is 2.30. The molecule has 1 aromatic heterocycles. The first kappa shape index (κ1) is 11.2. The summed E-state index contributed by atoms with van der Waals surface area (Å²) in [5, 5.41) is 9.83. The summed E-state index contributed by atoms with van der Waals surface area (Å²) in [6, 6.07) is 3.84. The molecule has 0 unspecified atom stereocenters. The van der Waals surface area contributed by atoms with Crippen LogP contribution in [0.3, 0.4) is 0 Å². The minimum atomic E-state index is -0.391. The summed E-state index contributed by atoms with van der Waals surface area (Å²) in [6.45, 7) is 8.31. The second-order valence-corrected chi connectivity index (χ2v) is 4.62. The van der Waals surface area contributed by atoms with Gasteiger partial charge in [0, 0.05) is 17.2 Å². The van der Waals surface area contributed by atoms with Crippen LogP contribution in [-0.2, 0) is 5.41 Å². The molecule has 0 aliphatic rings. The molecule has 78 valence electrons. The van der Waals surface area contributed by atoms with Crippen LogP contribution >= 0.6 is 0 Å². The molecular formula is C12H19NO. The van der Waals surface area contributed by atoms with E-state index in [4.69, 9.17) is 0 Å². The molecular weight excluding hydrogens is 174 g/mol. The number of aliphatic hydroxyl groups is 1. The lowest BCUT2D eigenvalue weighted by molar-refractivity contribution is 0.170. The van der Waals surface area contributed by atoms with E-state index in [1.807, 2.05) is 19.1 Å². The van der Waals surface area contributed by atoms with Crippen LogP contribution in [0.2, 0.25) is 0 Å². The van der Waals surface area contributed by atoms with Crippen molar-refractivity contribution in [2.45, 2.75) is 45.6 Å². The average Bonchev–Trinajstić information content (AvgIpc) is 2.15. The predicted molar refractivity (Wildman–Crippen MR) is 58.2 cm³/mol. The molecule has 1 N–H and O–H groups in total. The van der Waals surface area contributed by atoms with Crippen LogP contribution in [-0.4, -0.2) is 10.1 Å². The molecule has 0 radical (unpaired) electrons. The van der Waals surface area contributed by atoms with E-state index in [0.717, 1.165) is 17.7 Å². The molecule has 2 heteroatoms. The molecule has 0 bridgehead atoms. The van der Waals surface area contributed by atoms with Gasteiger partial charge in [-0.25, -0.2) is 0 Å². The number of rotatable bonds is 2. The quantitative estimate of drug-likeness (QED) is 0.783. The second kappa shape index (κ2) is 4.09. The largest absolute Gasteiger partial charge is 0.388 e. The molecule has 0 aliphatic carbocycles. The Morgan fingerprint density at radius 2 is 2.07 bits per heavy atom. The minimum Gasteiger partial charge on any atom is -0.388 e. The Balaban J connectivity index is 3.16. The standard InChI is InChI=1S/C12H19NO/c1-5-10(14)9-7-6-8-13-11(9)12(2,3)4/h6-8,10,14H,5H2,1-4H3/t10-/m1/s1. The molecule has 0 aliphatic heterocycles. The molecule has 0 amide bonds. The van der Waals surface area contributed by atoms with Crippen molar-refractivity contribution in [1.29, 1.82) is 0 Å². The van der Waals surface area contributed by atoms with Gasteiger partial charge in [0.1, 0.15) is 0 Å². The van der Waals surface area contributed by atoms with Gasteiger partial charge in [0.05, 0.1) is 11.8 Å². The van der Waals surface area contributed by atoms with E-state index in [1.165, 1.54) is 0 Å². The SMILES string of the molecule is CC[C@@H](O)c1cccnc1C(C)(C)C. The van der Waals surface area contributed by atoms with Gasteiger partial charge in [-0.1, -0.05) is 33.8 Å². The predicted octanol–water partition coefficient (Wildman–Crippen LogP) is 2.82. The molecule has 1 atom stereocenters. The number of aliphatic hydroxyl groups excluding tert-OH is 1. The second-order valence-electron chi connectivity index (χ2n) is 4.62. The summed E-state index contributed by atoms with van der Waals surface area (Å²) in [7, 11) is 0. The molecule has 1 heterocycles. The molecule has 1 rings (SSSR count). The van der Waals surface area contributed by atoms with Crippen LogP contribution in [0.4, 0.5) is 0 Å². The van der Waals surface area contributed by atoms with Gasteiger partial charge in [-0.3, -0.25) is 4.98 Å². The van der Waals surface area contributed by atoms with Crippen LogP contribution < -0.4 is 0 Å². The van der Waals surface area contributed by atoms with E-state index < -0.39 is 6.10 Å². The van der Waals surface area contributed by atoms with E-state index in [-0.39, 0.29) is 5.41 Å². The highest BCUT2D eigenvalue weighted by Gasteiger charge is 2.21. The Kier molecular flexibility index (Phi) is 3.27. The van der Waals surface area contributed by atoms with Crippen LogP contribution in [0.5, 0.6) is 0 Å². The molecule has 0 fully saturated rings. The van der Waals surface area contributed by atoms with Gasteiger partial charge < -0.3 is 5.11 Å². The fourth-order valence-corrected chi connectivity index (χ4v) is 1.53. The highest BCUT2D eigenvalue weighted by atomic mass is 16.3. The van der Waals surface area contributed by atoms with Crippen molar-refractivity contribution in [3.05, 3.63) is 29.6 Å². The number of pyridine rings is 1. The molecule has 2 nitrogen and oxygen atoms in total. The summed E-state index contributed by atoms with van der Waals surface area (Å²) in [4.78, 5) is 4.36. The first-order valence-corrected chi connectivity index (χ1v) is 5.10.